The molecular weight excluding hydrogens is 418 g/mol. The molecule has 0 unspecified atom stereocenters. The zero-order chi connectivity index (χ0) is 22.8. The molecule has 2 N–H and O–H groups in total. The molecule has 1 fully saturated rings. The molecule has 9 heteroatoms. The fourth-order valence-corrected chi connectivity index (χ4v) is 5.16. The second-order valence-electron chi connectivity index (χ2n) is 8.49. The predicted octanol–water partition coefficient (Wildman–Crippen LogP) is 2.44. The fraction of sp³-hybridized carbons (Fsp3) is 0.409. The molecule has 0 aromatic heterocycles. The summed E-state index contributed by atoms with van der Waals surface area (Å²) in [6.45, 7) is 7.29. The summed E-state index contributed by atoms with van der Waals surface area (Å²) in [6, 6.07) is 11.5. The molecule has 2 aromatic rings. The maximum Gasteiger partial charge on any atom is 0.254 e. The number of hydrogen-bond donors (Lipinski definition) is 2. The monoisotopic (exact) mass is 447 g/mol. The molecule has 2 aromatic carbocycles. The molecule has 0 bridgehead atoms. The minimum atomic E-state index is -3.88. The summed E-state index contributed by atoms with van der Waals surface area (Å²) >= 11 is 0. The van der Waals surface area contributed by atoms with E-state index in [1.54, 1.807) is 43.9 Å². The van der Waals surface area contributed by atoms with Crippen molar-refractivity contribution < 1.29 is 23.1 Å². The van der Waals surface area contributed by atoms with Crippen LogP contribution in [-0.2, 0) is 10.0 Å². The summed E-state index contributed by atoms with van der Waals surface area (Å²) in [6.07, 6.45) is 0. The molecule has 1 aliphatic heterocycles. The van der Waals surface area contributed by atoms with Gasteiger partial charge in [-0.2, -0.15) is 0 Å². The number of carbonyl (C=O) groups excluding carboxylic acids is 1. The third-order valence-corrected chi connectivity index (χ3v) is 6.71. The number of phenols is 1. The van der Waals surface area contributed by atoms with E-state index in [0.29, 0.717) is 26.2 Å². The number of nitrogens with zero attached hydrogens (tertiary/aromatic N) is 2. The number of ether oxygens (including phenoxy) is 1. The topological polar surface area (TPSA) is 99.2 Å². The zero-order valence-electron chi connectivity index (χ0n) is 18.3. The van der Waals surface area contributed by atoms with Crippen LogP contribution in [0.4, 0.5) is 5.69 Å². The van der Waals surface area contributed by atoms with Gasteiger partial charge in [-0.1, -0.05) is 12.1 Å². The van der Waals surface area contributed by atoms with Crippen LogP contribution in [0, 0.1) is 0 Å². The number of methoxy groups -OCH3 is 1. The van der Waals surface area contributed by atoms with E-state index in [4.69, 9.17) is 4.74 Å². The average molecular weight is 448 g/mol. The Labute approximate surface area is 183 Å². The first-order valence-corrected chi connectivity index (χ1v) is 11.5. The number of nitrogens with one attached hydrogen (secondary N) is 1. The van der Waals surface area contributed by atoms with Gasteiger partial charge in [0, 0.05) is 37.3 Å². The van der Waals surface area contributed by atoms with E-state index in [2.05, 4.69) is 4.72 Å². The van der Waals surface area contributed by atoms with Crippen molar-refractivity contribution in [1.82, 2.24) is 9.62 Å². The lowest BCUT2D eigenvalue weighted by molar-refractivity contribution is 0.0746. The molecule has 1 aliphatic rings. The Balaban J connectivity index is 1.79. The van der Waals surface area contributed by atoms with Crippen LogP contribution in [0.2, 0.25) is 0 Å². The molecule has 1 amide bonds. The number of hydrogen-bond acceptors (Lipinski definition) is 6. The molecule has 1 saturated heterocycles. The van der Waals surface area contributed by atoms with Crippen LogP contribution in [0.1, 0.15) is 31.1 Å². The maximum absolute atomic E-state index is 13.1. The number of amides is 1. The summed E-state index contributed by atoms with van der Waals surface area (Å²) < 4.78 is 33.6. The van der Waals surface area contributed by atoms with Gasteiger partial charge in [-0.05, 0) is 51.1 Å². The van der Waals surface area contributed by atoms with Gasteiger partial charge in [-0.3, -0.25) is 4.79 Å². The largest absolute Gasteiger partial charge is 0.506 e. The Kier molecular flexibility index (Phi) is 6.47. The van der Waals surface area contributed by atoms with Gasteiger partial charge >= 0.3 is 0 Å². The predicted molar refractivity (Wildman–Crippen MR) is 119 cm³/mol. The normalized spacial score (nSPS) is 15.1. The van der Waals surface area contributed by atoms with Crippen LogP contribution in [0.5, 0.6) is 11.5 Å². The van der Waals surface area contributed by atoms with Crippen LogP contribution in [0.25, 0.3) is 0 Å². The molecule has 168 valence electrons. The van der Waals surface area contributed by atoms with E-state index in [9.17, 15) is 18.3 Å². The Morgan fingerprint density at radius 1 is 1.06 bits per heavy atom. The molecule has 0 saturated carbocycles. The highest BCUT2D eigenvalue weighted by atomic mass is 32.2. The third kappa shape index (κ3) is 5.29. The smallest absolute Gasteiger partial charge is 0.254 e. The average Bonchev–Trinajstić information content (AvgIpc) is 2.71. The van der Waals surface area contributed by atoms with Crippen molar-refractivity contribution in [3.63, 3.8) is 0 Å². The minimum absolute atomic E-state index is 0.0661. The molecule has 0 aliphatic carbocycles. The SMILES string of the molecule is COc1ccc(C(=O)N2CCN(c3ccccc3O)CC2)cc1S(=O)(=O)NC(C)(C)C. The van der Waals surface area contributed by atoms with Crippen molar-refractivity contribution in [2.24, 2.45) is 0 Å². The number of sulfonamides is 1. The first kappa shape index (κ1) is 22.9. The van der Waals surface area contributed by atoms with Crippen LogP contribution >= 0.6 is 0 Å². The standard InChI is InChI=1S/C22H29N3O5S/c1-22(2,3)23-31(28,29)20-15-16(9-10-19(20)30-4)21(27)25-13-11-24(12-14-25)17-7-5-6-8-18(17)26/h5-10,15,23,26H,11-14H2,1-4H3. The van der Waals surface area contributed by atoms with Crippen molar-refractivity contribution in [3.8, 4) is 11.5 Å². The van der Waals surface area contributed by atoms with E-state index in [1.165, 1.54) is 19.2 Å². The summed E-state index contributed by atoms with van der Waals surface area (Å²) in [5, 5.41) is 10.1. The molecular formula is C22H29N3O5S. The summed E-state index contributed by atoms with van der Waals surface area (Å²) in [5.41, 5.74) is 0.343. The van der Waals surface area contributed by atoms with Gasteiger partial charge in [0.25, 0.3) is 5.91 Å². The van der Waals surface area contributed by atoms with Gasteiger partial charge in [0.15, 0.2) is 0 Å². The van der Waals surface area contributed by atoms with Crippen molar-refractivity contribution in [2.45, 2.75) is 31.2 Å². The van der Waals surface area contributed by atoms with Crippen LogP contribution in [0.15, 0.2) is 47.4 Å². The van der Waals surface area contributed by atoms with Gasteiger partial charge in [-0.15, -0.1) is 0 Å². The van der Waals surface area contributed by atoms with Crippen molar-refractivity contribution in [1.29, 1.82) is 0 Å². The van der Waals surface area contributed by atoms with Crippen molar-refractivity contribution >= 4 is 21.6 Å². The Morgan fingerprint density at radius 2 is 1.71 bits per heavy atom. The highest BCUT2D eigenvalue weighted by Crippen LogP contribution is 2.29. The second kappa shape index (κ2) is 8.76. The molecule has 0 spiro atoms. The Morgan fingerprint density at radius 3 is 2.29 bits per heavy atom. The number of aromatic hydroxyl groups is 1. The van der Waals surface area contributed by atoms with Gasteiger partial charge in [0.1, 0.15) is 16.4 Å². The quantitative estimate of drug-likeness (QED) is 0.731. The van der Waals surface area contributed by atoms with E-state index in [0.717, 1.165) is 5.69 Å². The second-order valence-corrected chi connectivity index (χ2v) is 10.1. The summed E-state index contributed by atoms with van der Waals surface area (Å²) in [5.74, 6) is 0.142. The number of anilines is 1. The first-order valence-electron chi connectivity index (χ1n) is 10.1. The number of phenolic OH excluding ortho intramolecular Hbond substituents is 1. The van der Waals surface area contributed by atoms with Gasteiger partial charge in [-0.25, -0.2) is 13.1 Å². The molecule has 31 heavy (non-hydrogen) atoms. The molecule has 1 heterocycles. The number of para-hydroxylation sites is 2. The van der Waals surface area contributed by atoms with E-state index >= 15 is 0 Å². The van der Waals surface area contributed by atoms with Crippen LogP contribution in [-0.4, -0.2) is 63.2 Å². The van der Waals surface area contributed by atoms with Crippen LogP contribution < -0.4 is 14.4 Å². The lowest BCUT2D eigenvalue weighted by Gasteiger charge is -2.36. The molecule has 0 radical (unpaired) electrons. The first-order chi connectivity index (χ1) is 14.5. The van der Waals surface area contributed by atoms with E-state index in [1.807, 2.05) is 17.0 Å². The summed E-state index contributed by atoms with van der Waals surface area (Å²) in [4.78, 5) is 16.7. The zero-order valence-corrected chi connectivity index (χ0v) is 19.1. The highest BCUT2D eigenvalue weighted by Gasteiger charge is 2.28. The third-order valence-electron chi connectivity index (χ3n) is 4.93. The lowest BCUT2D eigenvalue weighted by Crippen LogP contribution is -2.48. The van der Waals surface area contributed by atoms with E-state index < -0.39 is 15.6 Å². The van der Waals surface area contributed by atoms with Crippen LogP contribution in [0.3, 0.4) is 0 Å². The van der Waals surface area contributed by atoms with Crippen molar-refractivity contribution in [2.75, 3.05) is 38.2 Å². The number of rotatable bonds is 5. The van der Waals surface area contributed by atoms with Gasteiger partial charge in [0.2, 0.25) is 10.0 Å². The number of benzene rings is 2. The molecule has 3 rings (SSSR count). The Bertz CT molecular complexity index is 1060. The molecule has 8 nitrogen and oxygen atoms in total. The molecule has 0 atom stereocenters. The van der Waals surface area contributed by atoms with E-state index in [-0.39, 0.29) is 27.9 Å². The van der Waals surface area contributed by atoms with Gasteiger partial charge < -0.3 is 19.6 Å². The lowest BCUT2D eigenvalue weighted by atomic mass is 10.1. The fourth-order valence-electron chi connectivity index (χ4n) is 3.54. The van der Waals surface area contributed by atoms with Crippen molar-refractivity contribution in [3.05, 3.63) is 48.0 Å². The Hall–Kier alpha value is -2.78. The highest BCUT2D eigenvalue weighted by molar-refractivity contribution is 7.89. The maximum atomic E-state index is 13.1. The number of carbonyl (C=O) groups is 1. The van der Waals surface area contributed by atoms with Gasteiger partial charge in [0.05, 0.1) is 12.8 Å². The number of piperazine rings is 1. The minimum Gasteiger partial charge on any atom is -0.506 e. The summed E-state index contributed by atoms with van der Waals surface area (Å²) in [7, 11) is -2.48.